The van der Waals surface area contributed by atoms with Crippen molar-refractivity contribution in [1.29, 1.82) is 0 Å². The van der Waals surface area contributed by atoms with Gasteiger partial charge in [0.05, 0.1) is 7.11 Å². The van der Waals surface area contributed by atoms with Crippen molar-refractivity contribution in [1.82, 2.24) is 4.57 Å². The maximum absolute atomic E-state index is 10.8. The topological polar surface area (TPSA) is 31.2 Å². The SMILES string of the molecule is COc1[c-]c(=O)n(C)cc1.[Li+]. The monoisotopic (exact) mass is 145 g/mol. The maximum atomic E-state index is 10.8. The van der Waals surface area contributed by atoms with Gasteiger partial charge in [-0.1, -0.05) is 6.20 Å². The molecule has 0 N–H and O–H groups in total. The molecule has 1 rings (SSSR count). The smallest absolute Gasteiger partial charge is 0.534 e. The van der Waals surface area contributed by atoms with Crippen LogP contribution in [0.15, 0.2) is 17.1 Å². The predicted molar refractivity (Wildman–Crippen MR) is 37.1 cm³/mol. The Bertz CT molecular complexity index is 282. The van der Waals surface area contributed by atoms with Crippen molar-refractivity contribution in [2.24, 2.45) is 7.05 Å². The number of rotatable bonds is 1. The molecule has 0 spiro atoms. The number of hydrogen-bond donors (Lipinski definition) is 0. The van der Waals surface area contributed by atoms with Crippen molar-refractivity contribution in [2.75, 3.05) is 7.11 Å². The second kappa shape index (κ2) is 4.27. The first-order valence-corrected chi connectivity index (χ1v) is 2.87. The summed E-state index contributed by atoms with van der Waals surface area (Å²) in [7, 11) is 3.17. The molecule has 54 valence electrons. The minimum absolute atomic E-state index is 0. The zero-order valence-electron chi connectivity index (χ0n) is 6.92. The van der Waals surface area contributed by atoms with Gasteiger partial charge in [-0.15, -0.1) is 6.07 Å². The maximum Gasteiger partial charge on any atom is 1.00 e. The molecule has 1 heterocycles. The molecule has 0 fully saturated rings. The van der Waals surface area contributed by atoms with Crippen LogP contribution in [0.1, 0.15) is 0 Å². The van der Waals surface area contributed by atoms with Gasteiger partial charge in [-0.05, 0) is 5.75 Å². The summed E-state index contributed by atoms with van der Waals surface area (Å²) in [6, 6.07) is 4.19. The van der Waals surface area contributed by atoms with Gasteiger partial charge in [0.2, 0.25) is 0 Å². The van der Waals surface area contributed by atoms with Crippen molar-refractivity contribution in [2.45, 2.75) is 0 Å². The fraction of sp³-hybridized carbons (Fsp3) is 0.286. The van der Waals surface area contributed by atoms with Gasteiger partial charge < -0.3 is 9.30 Å². The molecular weight excluding hydrogens is 137 g/mol. The molecule has 0 saturated heterocycles. The molecule has 0 bridgehead atoms. The van der Waals surface area contributed by atoms with Gasteiger partial charge in [0.25, 0.3) is 0 Å². The summed E-state index contributed by atoms with van der Waals surface area (Å²) in [5, 5.41) is 0. The normalized spacial score (nSPS) is 8.55. The third kappa shape index (κ3) is 2.45. The molecule has 4 heteroatoms. The summed E-state index contributed by atoms with van der Waals surface area (Å²) in [5.41, 5.74) is -0.181. The largest absolute Gasteiger partial charge is 1.00 e. The third-order valence-corrected chi connectivity index (χ3v) is 1.22. The van der Waals surface area contributed by atoms with E-state index in [1.807, 2.05) is 0 Å². The van der Waals surface area contributed by atoms with E-state index in [4.69, 9.17) is 4.74 Å². The first kappa shape index (κ1) is 10.3. The molecule has 3 nitrogen and oxygen atoms in total. The van der Waals surface area contributed by atoms with E-state index in [1.165, 1.54) is 11.7 Å². The van der Waals surface area contributed by atoms with Gasteiger partial charge in [0, 0.05) is 7.05 Å². The average Bonchev–Trinajstić information content (AvgIpc) is 1.95. The fourth-order valence-electron chi connectivity index (χ4n) is 0.602. The van der Waals surface area contributed by atoms with Crippen LogP contribution in [-0.4, -0.2) is 11.7 Å². The molecular formula is C7H8LiNO2. The minimum atomic E-state index is -0.181. The molecule has 0 aromatic carbocycles. The quantitative estimate of drug-likeness (QED) is 0.315. The van der Waals surface area contributed by atoms with Crippen LogP contribution in [-0.2, 0) is 7.05 Å². The fourth-order valence-corrected chi connectivity index (χ4v) is 0.602. The molecule has 0 unspecified atom stereocenters. The zero-order chi connectivity index (χ0) is 7.56. The molecule has 0 atom stereocenters. The van der Waals surface area contributed by atoms with Crippen LogP contribution < -0.4 is 29.2 Å². The van der Waals surface area contributed by atoms with Crippen molar-refractivity contribution >= 4 is 0 Å². The van der Waals surface area contributed by atoms with E-state index in [1.54, 1.807) is 19.3 Å². The van der Waals surface area contributed by atoms with E-state index in [0.29, 0.717) is 5.75 Å². The Kier molecular flexibility index (Phi) is 4.02. The van der Waals surface area contributed by atoms with E-state index >= 15 is 0 Å². The Balaban J connectivity index is 0.000001000. The second-order valence-corrected chi connectivity index (χ2v) is 1.93. The van der Waals surface area contributed by atoms with E-state index in [2.05, 4.69) is 6.07 Å². The van der Waals surface area contributed by atoms with Crippen LogP contribution in [0.5, 0.6) is 5.75 Å². The first-order chi connectivity index (χ1) is 4.74. The van der Waals surface area contributed by atoms with Crippen molar-refractivity contribution < 1.29 is 23.6 Å². The molecule has 0 aliphatic heterocycles. The Morgan fingerprint density at radius 2 is 2.27 bits per heavy atom. The number of aryl methyl sites for hydroxylation is 1. The predicted octanol–water partition coefficient (Wildman–Crippen LogP) is -2.80. The number of pyridine rings is 1. The Labute approximate surface area is 77.2 Å². The van der Waals surface area contributed by atoms with Crippen LogP contribution in [0.25, 0.3) is 0 Å². The Hall–Kier alpha value is -0.653. The number of hydrogen-bond acceptors (Lipinski definition) is 2. The molecule has 0 aliphatic carbocycles. The van der Waals surface area contributed by atoms with Crippen LogP contribution in [0.4, 0.5) is 0 Å². The summed E-state index contributed by atoms with van der Waals surface area (Å²) in [4.78, 5) is 10.8. The van der Waals surface area contributed by atoms with E-state index in [-0.39, 0.29) is 24.4 Å². The van der Waals surface area contributed by atoms with Gasteiger partial charge in [-0.2, -0.15) is 6.07 Å². The Morgan fingerprint density at radius 3 is 2.73 bits per heavy atom. The summed E-state index contributed by atoms with van der Waals surface area (Å²) in [5.74, 6) is 0.475. The molecule has 0 saturated carbocycles. The second-order valence-electron chi connectivity index (χ2n) is 1.93. The van der Waals surface area contributed by atoms with Gasteiger partial charge in [-0.3, -0.25) is 4.79 Å². The van der Waals surface area contributed by atoms with E-state index < -0.39 is 0 Å². The van der Waals surface area contributed by atoms with Crippen LogP contribution in [0.2, 0.25) is 0 Å². The molecule has 11 heavy (non-hydrogen) atoms. The minimum Gasteiger partial charge on any atom is -0.534 e. The average molecular weight is 145 g/mol. The Morgan fingerprint density at radius 1 is 1.64 bits per heavy atom. The number of nitrogens with zero attached hydrogens (tertiary/aromatic N) is 1. The number of methoxy groups -OCH3 is 1. The molecule has 1 aromatic rings. The standard InChI is InChI=1S/C7H8NO2.Li/c1-8-4-3-6(10-2)5-7(8)9;/h3-4H,1-2H3;/q-1;+1. The molecule has 0 amide bonds. The summed E-state index contributed by atoms with van der Waals surface area (Å²) < 4.78 is 6.21. The number of ether oxygens (including phenoxy) is 1. The summed E-state index contributed by atoms with van der Waals surface area (Å²) in [6.45, 7) is 0. The van der Waals surface area contributed by atoms with Crippen molar-refractivity contribution in [3.05, 3.63) is 28.7 Å². The first-order valence-electron chi connectivity index (χ1n) is 2.87. The van der Waals surface area contributed by atoms with Gasteiger partial charge in [0.1, 0.15) is 0 Å². The van der Waals surface area contributed by atoms with Crippen LogP contribution in [0, 0.1) is 6.07 Å². The summed E-state index contributed by atoms with van der Waals surface area (Å²) >= 11 is 0. The number of aromatic nitrogens is 1. The van der Waals surface area contributed by atoms with Crippen molar-refractivity contribution in [3.8, 4) is 5.75 Å². The van der Waals surface area contributed by atoms with Gasteiger partial charge in [0.15, 0.2) is 5.56 Å². The third-order valence-electron chi connectivity index (χ3n) is 1.22. The van der Waals surface area contributed by atoms with Crippen LogP contribution in [0.3, 0.4) is 0 Å². The summed E-state index contributed by atoms with van der Waals surface area (Å²) in [6.07, 6.45) is 1.64. The van der Waals surface area contributed by atoms with E-state index in [0.717, 1.165) is 0 Å². The molecule has 1 aromatic heterocycles. The molecule has 0 aliphatic rings. The molecule has 0 radical (unpaired) electrons. The van der Waals surface area contributed by atoms with E-state index in [9.17, 15) is 4.79 Å². The van der Waals surface area contributed by atoms with Crippen molar-refractivity contribution in [3.63, 3.8) is 0 Å². The van der Waals surface area contributed by atoms with Crippen LogP contribution >= 0.6 is 0 Å². The zero-order valence-corrected chi connectivity index (χ0v) is 6.92. The van der Waals surface area contributed by atoms with Gasteiger partial charge >= 0.3 is 18.9 Å². The van der Waals surface area contributed by atoms with Gasteiger partial charge in [-0.25, -0.2) is 0 Å².